The molecule has 0 aromatic heterocycles. The molecule has 0 saturated carbocycles. The maximum Gasteiger partial charge on any atom is 0.315 e. The molecular weight excluding hydrogens is 338 g/mol. The molecule has 2 N–H and O–H groups in total. The molecule has 27 heavy (non-hydrogen) atoms. The van der Waals surface area contributed by atoms with Gasteiger partial charge in [0.25, 0.3) is 5.91 Å². The van der Waals surface area contributed by atoms with Crippen LogP contribution in [-0.4, -0.2) is 24.0 Å². The number of hydrogen-bond acceptors (Lipinski definition) is 2. The Balaban J connectivity index is 1.72. The van der Waals surface area contributed by atoms with Gasteiger partial charge in [-0.25, -0.2) is 4.79 Å². The van der Waals surface area contributed by atoms with Gasteiger partial charge in [-0.1, -0.05) is 29.8 Å². The molecule has 1 aliphatic heterocycles. The molecule has 0 unspecified atom stereocenters. The van der Waals surface area contributed by atoms with Gasteiger partial charge < -0.3 is 15.5 Å². The molecule has 5 nitrogen and oxygen atoms in total. The average molecular weight is 365 g/mol. The van der Waals surface area contributed by atoms with Crippen LogP contribution in [0.1, 0.15) is 47.8 Å². The van der Waals surface area contributed by atoms with E-state index < -0.39 is 0 Å². The Morgan fingerprint density at radius 1 is 1.07 bits per heavy atom. The summed E-state index contributed by atoms with van der Waals surface area (Å²) in [5.41, 5.74) is 4.63. The first-order chi connectivity index (χ1) is 12.7. The van der Waals surface area contributed by atoms with E-state index in [1.54, 1.807) is 0 Å². The fourth-order valence-electron chi connectivity index (χ4n) is 3.16. The van der Waals surface area contributed by atoms with Crippen molar-refractivity contribution in [3.05, 3.63) is 64.7 Å². The van der Waals surface area contributed by atoms with Gasteiger partial charge in [0.15, 0.2) is 0 Å². The number of carbonyl (C=O) groups is 2. The second-order valence-electron chi connectivity index (χ2n) is 8.09. The van der Waals surface area contributed by atoms with Crippen molar-refractivity contribution in [3.63, 3.8) is 0 Å². The largest absolute Gasteiger partial charge is 0.334 e. The van der Waals surface area contributed by atoms with Gasteiger partial charge >= 0.3 is 6.03 Å². The Morgan fingerprint density at radius 2 is 1.78 bits per heavy atom. The van der Waals surface area contributed by atoms with E-state index in [2.05, 4.69) is 16.7 Å². The Morgan fingerprint density at radius 3 is 2.44 bits per heavy atom. The Kier molecular flexibility index (Phi) is 5.22. The van der Waals surface area contributed by atoms with Gasteiger partial charge in [0.2, 0.25) is 0 Å². The number of nitrogens with one attached hydrogen (secondary N) is 2. The molecule has 3 amide bonds. The summed E-state index contributed by atoms with van der Waals surface area (Å²) in [7, 11) is 0. The molecule has 142 valence electrons. The first kappa shape index (κ1) is 19.0. The first-order valence-corrected chi connectivity index (χ1v) is 9.29. The lowest BCUT2D eigenvalue weighted by atomic mass is 10.1. The topological polar surface area (TPSA) is 61.4 Å². The van der Waals surface area contributed by atoms with E-state index in [0.29, 0.717) is 18.7 Å². The first-order valence-electron chi connectivity index (χ1n) is 9.29. The number of hydrogen-bond donors (Lipinski definition) is 2. The highest BCUT2D eigenvalue weighted by Gasteiger charge is 2.25. The van der Waals surface area contributed by atoms with E-state index in [1.807, 2.05) is 69.0 Å². The lowest BCUT2D eigenvalue weighted by Crippen LogP contribution is -2.46. The lowest BCUT2D eigenvalue weighted by Gasteiger charge is -2.21. The summed E-state index contributed by atoms with van der Waals surface area (Å²) in [4.78, 5) is 26.7. The number of benzene rings is 2. The van der Waals surface area contributed by atoms with Gasteiger partial charge in [-0.05, 0) is 63.4 Å². The number of aryl methyl sites for hydroxylation is 1. The van der Waals surface area contributed by atoms with Crippen LogP contribution < -0.4 is 15.5 Å². The number of amides is 3. The van der Waals surface area contributed by atoms with Crippen molar-refractivity contribution < 1.29 is 9.59 Å². The van der Waals surface area contributed by atoms with Crippen LogP contribution >= 0.6 is 0 Å². The molecular formula is C22H27N3O2. The zero-order chi connectivity index (χ0) is 19.6. The fraction of sp³-hybridized carbons (Fsp3) is 0.364. The second-order valence-corrected chi connectivity index (χ2v) is 8.09. The third-order valence-corrected chi connectivity index (χ3v) is 4.53. The molecule has 2 aromatic rings. The van der Waals surface area contributed by atoms with E-state index in [0.717, 1.165) is 23.2 Å². The molecule has 2 aromatic carbocycles. The zero-order valence-corrected chi connectivity index (χ0v) is 16.4. The number of anilines is 1. The summed E-state index contributed by atoms with van der Waals surface area (Å²) < 4.78 is 0. The average Bonchev–Trinajstić information content (AvgIpc) is 3.01. The molecule has 5 heteroatoms. The highest BCUT2D eigenvalue weighted by Crippen LogP contribution is 2.30. The molecule has 0 saturated heterocycles. The summed E-state index contributed by atoms with van der Waals surface area (Å²) in [6, 6.07) is 13.5. The van der Waals surface area contributed by atoms with Crippen molar-refractivity contribution >= 4 is 17.6 Å². The molecule has 0 spiro atoms. The van der Waals surface area contributed by atoms with Crippen molar-refractivity contribution in [1.82, 2.24) is 10.6 Å². The molecule has 1 heterocycles. The second kappa shape index (κ2) is 7.43. The minimum absolute atomic E-state index is 0.0179. The van der Waals surface area contributed by atoms with Gasteiger partial charge in [-0.2, -0.15) is 0 Å². The van der Waals surface area contributed by atoms with Gasteiger partial charge in [-0.3, -0.25) is 4.79 Å². The van der Waals surface area contributed by atoms with Crippen LogP contribution in [-0.2, 0) is 13.0 Å². The van der Waals surface area contributed by atoms with Gasteiger partial charge in [0.1, 0.15) is 0 Å². The maximum absolute atomic E-state index is 12.9. The third kappa shape index (κ3) is 4.67. The summed E-state index contributed by atoms with van der Waals surface area (Å²) in [5.74, 6) is 0.0179. The number of nitrogens with zero attached hydrogens (tertiary/aromatic N) is 1. The van der Waals surface area contributed by atoms with Crippen LogP contribution in [0.15, 0.2) is 42.5 Å². The SMILES string of the molecule is Cc1ccc(C(=O)N2CCc3ccc(CNC(=O)NC(C)(C)C)cc32)cc1. The van der Waals surface area contributed by atoms with E-state index in [4.69, 9.17) is 0 Å². The lowest BCUT2D eigenvalue weighted by molar-refractivity contribution is 0.0989. The van der Waals surface area contributed by atoms with E-state index in [-0.39, 0.29) is 17.5 Å². The van der Waals surface area contributed by atoms with Crippen LogP contribution in [0.4, 0.5) is 10.5 Å². The number of rotatable bonds is 3. The summed E-state index contributed by atoms with van der Waals surface area (Å²) in [6.45, 7) is 8.93. The Bertz CT molecular complexity index is 851. The van der Waals surface area contributed by atoms with Gasteiger partial charge in [0.05, 0.1) is 0 Å². The van der Waals surface area contributed by atoms with Gasteiger partial charge in [0, 0.05) is 29.9 Å². The van der Waals surface area contributed by atoms with E-state index >= 15 is 0 Å². The van der Waals surface area contributed by atoms with E-state index in [1.165, 1.54) is 5.56 Å². The van der Waals surface area contributed by atoms with Crippen LogP contribution in [0, 0.1) is 6.92 Å². The predicted octanol–water partition coefficient (Wildman–Crippen LogP) is 3.80. The number of carbonyl (C=O) groups excluding carboxylic acids is 2. The molecule has 3 rings (SSSR count). The summed E-state index contributed by atoms with van der Waals surface area (Å²) >= 11 is 0. The maximum atomic E-state index is 12.9. The van der Waals surface area contributed by atoms with Crippen LogP contribution in [0.2, 0.25) is 0 Å². The van der Waals surface area contributed by atoms with Crippen LogP contribution in [0.25, 0.3) is 0 Å². The standard InChI is InChI=1S/C22H27N3O2/c1-15-5-8-18(9-6-15)20(26)25-12-11-17-10-7-16(13-19(17)25)14-23-21(27)24-22(2,3)4/h5-10,13H,11-12,14H2,1-4H3,(H2,23,24,27). The van der Waals surface area contributed by atoms with Gasteiger partial charge in [-0.15, -0.1) is 0 Å². The molecule has 0 radical (unpaired) electrons. The van der Waals surface area contributed by atoms with Crippen LogP contribution in [0.5, 0.6) is 0 Å². The zero-order valence-electron chi connectivity index (χ0n) is 16.4. The Labute approximate surface area is 160 Å². The fourth-order valence-corrected chi connectivity index (χ4v) is 3.16. The highest BCUT2D eigenvalue weighted by atomic mass is 16.2. The van der Waals surface area contributed by atoms with Crippen molar-refractivity contribution in [2.75, 3.05) is 11.4 Å². The number of urea groups is 1. The van der Waals surface area contributed by atoms with Crippen molar-refractivity contribution in [2.45, 2.75) is 46.2 Å². The van der Waals surface area contributed by atoms with Crippen molar-refractivity contribution in [1.29, 1.82) is 0 Å². The molecule has 0 fully saturated rings. The Hall–Kier alpha value is -2.82. The molecule has 0 atom stereocenters. The highest BCUT2D eigenvalue weighted by molar-refractivity contribution is 6.07. The minimum atomic E-state index is -0.278. The van der Waals surface area contributed by atoms with Crippen molar-refractivity contribution in [2.24, 2.45) is 0 Å². The normalized spacial score (nSPS) is 13.3. The summed E-state index contributed by atoms with van der Waals surface area (Å²) in [5, 5.41) is 5.76. The third-order valence-electron chi connectivity index (χ3n) is 4.53. The quantitative estimate of drug-likeness (QED) is 0.869. The summed E-state index contributed by atoms with van der Waals surface area (Å²) in [6.07, 6.45) is 0.852. The molecule has 1 aliphatic rings. The van der Waals surface area contributed by atoms with E-state index in [9.17, 15) is 9.59 Å². The molecule has 0 bridgehead atoms. The molecule has 0 aliphatic carbocycles. The minimum Gasteiger partial charge on any atom is -0.334 e. The predicted molar refractivity (Wildman–Crippen MR) is 108 cm³/mol. The number of fused-ring (bicyclic) bond motifs is 1. The monoisotopic (exact) mass is 365 g/mol. The smallest absolute Gasteiger partial charge is 0.315 e. The van der Waals surface area contributed by atoms with Crippen molar-refractivity contribution in [3.8, 4) is 0 Å². The van der Waals surface area contributed by atoms with Crippen LogP contribution in [0.3, 0.4) is 0 Å².